The fourth-order valence-electron chi connectivity index (χ4n) is 0.498. The lowest BCUT2D eigenvalue weighted by molar-refractivity contribution is -0.155. The molecular weight excluding hydrogens is 152 g/mol. The SMILES string of the molecule is CC(CC(=O)ON)C(=O)ON. The molecule has 1 atom stereocenters. The normalized spacial score (nSPS) is 11.9. The van der Waals surface area contributed by atoms with Crippen molar-refractivity contribution in [2.75, 3.05) is 0 Å². The molecular formula is C5H10N2O4. The molecule has 0 amide bonds. The van der Waals surface area contributed by atoms with Crippen LogP contribution >= 0.6 is 0 Å². The molecule has 0 heterocycles. The first-order valence-electron chi connectivity index (χ1n) is 2.92. The summed E-state index contributed by atoms with van der Waals surface area (Å²) in [4.78, 5) is 28.7. The van der Waals surface area contributed by atoms with Crippen LogP contribution in [0, 0.1) is 5.92 Å². The Morgan fingerprint density at radius 2 is 1.91 bits per heavy atom. The molecule has 0 bridgehead atoms. The first-order valence-corrected chi connectivity index (χ1v) is 2.92. The van der Waals surface area contributed by atoms with Gasteiger partial charge in [0.25, 0.3) is 0 Å². The number of nitrogens with two attached hydrogens (primary N) is 2. The van der Waals surface area contributed by atoms with Crippen LogP contribution in [-0.2, 0) is 19.3 Å². The van der Waals surface area contributed by atoms with Gasteiger partial charge in [0.15, 0.2) is 0 Å². The van der Waals surface area contributed by atoms with Crippen LogP contribution in [0.4, 0.5) is 0 Å². The Morgan fingerprint density at radius 1 is 1.36 bits per heavy atom. The molecule has 6 nitrogen and oxygen atoms in total. The lowest BCUT2D eigenvalue weighted by atomic mass is 10.1. The van der Waals surface area contributed by atoms with Gasteiger partial charge in [-0.05, 0) is 0 Å². The molecule has 0 aromatic carbocycles. The second-order valence-corrected chi connectivity index (χ2v) is 2.03. The molecule has 4 N–H and O–H groups in total. The summed E-state index contributed by atoms with van der Waals surface area (Å²) in [6.45, 7) is 1.48. The molecule has 64 valence electrons. The van der Waals surface area contributed by atoms with E-state index >= 15 is 0 Å². The van der Waals surface area contributed by atoms with Crippen LogP contribution in [0.15, 0.2) is 0 Å². The number of hydrogen-bond acceptors (Lipinski definition) is 6. The molecule has 0 aromatic heterocycles. The molecule has 0 aliphatic carbocycles. The predicted molar refractivity (Wildman–Crippen MR) is 34.3 cm³/mol. The van der Waals surface area contributed by atoms with E-state index in [1.807, 2.05) is 0 Å². The number of hydrogen-bond donors (Lipinski definition) is 2. The van der Waals surface area contributed by atoms with Crippen molar-refractivity contribution in [3.63, 3.8) is 0 Å². The molecule has 0 saturated heterocycles. The third-order valence-corrected chi connectivity index (χ3v) is 1.12. The summed E-state index contributed by atoms with van der Waals surface area (Å²) in [7, 11) is 0. The molecule has 0 radical (unpaired) electrons. The second kappa shape index (κ2) is 4.64. The number of rotatable bonds is 3. The Labute approximate surface area is 63.3 Å². The molecule has 6 heteroatoms. The lowest BCUT2D eigenvalue weighted by Gasteiger charge is -2.04. The highest BCUT2D eigenvalue weighted by Gasteiger charge is 2.18. The zero-order chi connectivity index (χ0) is 8.85. The smallest absolute Gasteiger partial charge is 0.327 e. The van der Waals surface area contributed by atoms with E-state index in [9.17, 15) is 9.59 Å². The summed E-state index contributed by atoms with van der Waals surface area (Å²) in [5.41, 5.74) is 0. The van der Waals surface area contributed by atoms with Crippen molar-refractivity contribution < 1.29 is 19.3 Å². The lowest BCUT2D eigenvalue weighted by Crippen LogP contribution is -2.22. The van der Waals surface area contributed by atoms with Gasteiger partial charge in [0.2, 0.25) is 0 Å². The summed E-state index contributed by atoms with van der Waals surface area (Å²) in [5, 5.41) is 0. The summed E-state index contributed by atoms with van der Waals surface area (Å²) in [6, 6.07) is 0. The molecule has 1 unspecified atom stereocenters. The van der Waals surface area contributed by atoms with Gasteiger partial charge in [0.1, 0.15) is 0 Å². The monoisotopic (exact) mass is 162 g/mol. The van der Waals surface area contributed by atoms with Crippen LogP contribution in [0.3, 0.4) is 0 Å². The summed E-state index contributed by atoms with van der Waals surface area (Å²) in [6.07, 6.45) is -0.132. The van der Waals surface area contributed by atoms with E-state index in [-0.39, 0.29) is 6.42 Å². The minimum absolute atomic E-state index is 0.132. The van der Waals surface area contributed by atoms with Crippen LogP contribution < -0.4 is 11.8 Å². The first kappa shape index (κ1) is 9.86. The van der Waals surface area contributed by atoms with Gasteiger partial charge in [-0.15, -0.1) is 0 Å². The Kier molecular flexibility index (Phi) is 4.16. The standard InChI is InChI=1S/C5H10N2O4/c1-3(5(9)11-7)2-4(8)10-6/h3H,2,6-7H2,1H3. The molecule has 0 saturated carbocycles. The van der Waals surface area contributed by atoms with Crippen molar-refractivity contribution in [2.45, 2.75) is 13.3 Å². The van der Waals surface area contributed by atoms with E-state index in [0.29, 0.717) is 0 Å². The van der Waals surface area contributed by atoms with E-state index in [1.54, 1.807) is 0 Å². The van der Waals surface area contributed by atoms with Crippen molar-refractivity contribution in [3.05, 3.63) is 0 Å². The van der Waals surface area contributed by atoms with Gasteiger partial charge >= 0.3 is 11.9 Å². The Morgan fingerprint density at radius 3 is 2.27 bits per heavy atom. The molecule has 0 fully saturated rings. The quantitative estimate of drug-likeness (QED) is 0.507. The fourth-order valence-corrected chi connectivity index (χ4v) is 0.498. The minimum atomic E-state index is -0.678. The van der Waals surface area contributed by atoms with E-state index in [2.05, 4.69) is 21.5 Å². The molecule has 11 heavy (non-hydrogen) atoms. The van der Waals surface area contributed by atoms with E-state index in [0.717, 1.165) is 0 Å². The van der Waals surface area contributed by atoms with Crippen molar-refractivity contribution in [1.29, 1.82) is 0 Å². The highest BCUT2D eigenvalue weighted by molar-refractivity contribution is 5.79. The van der Waals surface area contributed by atoms with Gasteiger partial charge in [-0.25, -0.2) is 0 Å². The van der Waals surface area contributed by atoms with Gasteiger partial charge in [-0.3, -0.25) is 9.59 Å². The molecule has 0 aromatic rings. The van der Waals surface area contributed by atoms with E-state index < -0.39 is 17.9 Å². The molecule has 0 rings (SSSR count). The van der Waals surface area contributed by atoms with Crippen molar-refractivity contribution in [2.24, 2.45) is 17.7 Å². The maximum Gasteiger partial charge on any atom is 0.327 e. The highest BCUT2D eigenvalue weighted by atomic mass is 16.7. The Hall–Kier alpha value is -1.14. The van der Waals surface area contributed by atoms with Gasteiger partial charge in [0.05, 0.1) is 12.3 Å². The van der Waals surface area contributed by atoms with Gasteiger partial charge in [-0.2, -0.15) is 11.8 Å². The number of carbonyl (C=O) groups is 2. The molecule has 0 spiro atoms. The third kappa shape index (κ3) is 3.54. The Bertz CT molecular complexity index is 159. The topological polar surface area (TPSA) is 105 Å². The van der Waals surface area contributed by atoms with Gasteiger partial charge in [0, 0.05) is 0 Å². The largest absolute Gasteiger partial charge is 0.373 e. The van der Waals surface area contributed by atoms with E-state index in [1.165, 1.54) is 6.92 Å². The zero-order valence-corrected chi connectivity index (χ0v) is 6.07. The van der Waals surface area contributed by atoms with Crippen molar-refractivity contribution >= 4 is 11.9 Å². The second-order valence-electron chi connectivity index (χ2n) is 2.03. The summed E-state index contributed by atoms with van der Waals surface area (Å²) < 4.78 is 0. The maximum absolute atomic E-state index is 10.6. The van der Waals surface area contributed by atoms with Crippen molar-refractivity contribution in [1.82, 2.24) is 0 Å². The van der Waals surface area contributed by atoms with Crippen molar-refractivity contribution in [3.8, 4) is 0 Å². The molecule has 0 aliphatic heterocycles. The minimum Gasteiger partial charge on any atom is -0.373 e. The van der Waals surface area contributed by atoms with Gasteiger partial charge < -0.3 is 9.68 Å². The first-order chi connectivity index (χ1) is 5.11. The van der Waals surface area contributed by atoms with E-state index in [4.69, 9.17) is 0 Å². The van der Waals surface area contributed by atoms with Crippen LogP contribution in [0.25, 0.3) is 0 Å². The number of carbonyl (C=O) groups excluding carboxylic acids is 2. The average molecular weight is 162 g/mol. The van der Waals surface area contributed by atoms with Crippen LogP contribution in [0.1, 0.15) is 13.3 Å². The Balaban J connectivity index is 3.77. The highest BCUT2D eigenvalue weighted by Crippen LogP contribution is 2.03. The third-order valence-electron chi connectivity index (χ3n) is 1.12. The van der Waals surface area contributed by atoms with Crippen LogP contribution in [0.5, 0.6) is 0 Å². The fraction of sp³-hybridized carbons (Fsp3) is 0.600. The van der Waals surface area contributed by atoms with Gasteiger partial charge in [-0.1, -0.05) is 6.92 Å². The average Bonchev–Trinajstić information content (AvgIpc) is 2.02. The maximum atomic E-state index is 10.6. The van der Waals surface area contributed by atoms with Crippen LogP contribution in [-0.4, -0.2) is 11.9 Å². The van der Waals surface area contributed by atoms with Crippen LogP contribution in [0.2, 0.25) is 0 Å². The zero-order valence-electron chi connectivity index (χ0n) is 6.07. The summed E-state index contributed by atoms with van der Waals surface area (Å²) in [5.74, 6) is 7.11. The predicted octanol–water partition coefficient (Wildman–Crippen LogP) is -1.15. The summed E-state index contributed by atoms with van der Waals surface area (Å²) >= 11 is 0. The molecule has 0 aliphatic rings.